The maximum Gasteiger partial charge on any atom is 0.154 e. The number of rotatable bonds is 10. The molecule has 180 valence electrons. The molecule has 4 unspecified atom stereocenters. The first kappa shape index (κ1) is 24.0. The predicted molar refractivity (Wildman–Crippen MR) is 127 cm³/mol. The van der Waals surface area contributed by atoms with Crippen molar-refractivity contribution in [2.75, 3.05) is 19.8 Å². The third-order valence-corrected chi connectivity index (χ3v) is 10.7. The number of aliphatic hydroxyl groups excluding tert-OH is 1. The molecule has 4 aliphatic rings. The molecular weight excluding hydrogens is 384 g/mol. The van der Waals surface area contributed by atoms with Crippen LogP contribution in [0.4, 0.5) is 0 Å². The fraction of sp³-hybridized carbons (Fsp3) is 1.00. The summed E-state index contributed by atoms with van der Waals surface area (Å²) in [6, 6.07) is 0. The van der Waals surface area contributed by atoms with Crippen LogP contribution in [-0.2, 0) is 9.47 Å². The van der Waals surface area contributed by atoms with Gasteiger partial charge in [-0.25, -0.2) is 0 Å². The summed E-state index contributed by atoms with van der Waals surface area (Å²) in [4.78, 5) is 0. The summed E-state index contributed by atoms with van der Waals surface area (Å²) in [6.07, 6.45) is 18.4. The van der Waals surface area contributed by atoms with Gasteiger partial charge in [-0.1, -0.05) is 33.6 Å². The van der Waals surface area contributed by atoms with E-state index in [2.05, 4.69) is 20.8 Å². The Labute approximate surface area is 192 Å². The molecule has 4 aliphatic carbocycles. The number of ether oxygens (including phenoxy) is 2. The predicted octanol–water partition coefficient (Wildman–Crippen LogP) is 6.97. The fourth-order valence-corrected chi connectivity index (χ4v) is 8.99. The summed E-state index contributed by atoms with van der Waals surface area (Å²) in [5, 5.41) is 10.2. The Morgan fingerprint density at radius 1 is 0.871 bits per heavy atom. The van der Waals surface area contributed by atoms with Crippen molar-refractivity contribution < 1.29 is 14.6 Å². The molecule has 4 saturated carbocycles. The lowest BCUT2D eigenvalue weighted by Gasteiger charge is -2.60. The van der Waals surface area contributed by atoms with Crippen LogP contribution in [0, 0.1) is 40.4 Å². The van der Waals surface area contributed by atoms with Gasteiger partial charge in [0.15, 0.2) is 6.29 Å². The summed E-state index contributed by atoms with van der Waals surface area (Å²) >= 11 is 0. The third-order valence-electron chi connectivity index (χ3n) is 10.7. The highest BCUT2D eigenvalue weighted by Gasteiger charge is 2.59. The largest absolute Gasteiger partial charge is 0.379 e. The lowest BCUT2D eigenvalue weighted by Crippen LogP contribution is -2.52. The minimum absolute atomic E-state index is 0.507. The van der Waals surface area contributed by atoms with Crippen molar-refractivity contribution >= 4 is 0 Å². The zero-order valence-electron chi connectivity index (χ0n) is 20.7. The Bertz CT molecular complexity index is 564. The van der Waals surface area contributed by atoms with E-state index in [1.807, 2.05) is 0 Å². The lowest BCUT2D eigenvalue weighted by molar-refractivity contribution is -0.120. The quantitative estimate of drug-likeness (QED) is 0.298. The van der Waals surface area contributed by atoms with Gasteiger partial charge >= 0.3 is 0 Å². The van der Waals surface area contributed by atoms with Crippen LogP contribution in [0.1, 0.15) is 111 Å². The Morgan fingerprint density at radius 3 is 2.55 bits per heavy atom. The van der Waals surface area contributed by atoms with Crippen LogP contribution >= 0.6 is 0 Å². The first-order valence-corrected chi connectivity index (χ1v) is 13.9. The van der Waals surface area contributed by atoms with Gasteiger partial charge in [0.25, 0.3) is 0 Å². The molecule has 3 nitrogen and oxygen atoms in total. The monoisotopic (exact) mass is 434 g/mol. The Balaban J connectivity index is 1.26. The molecule has 0 bridgehead atoms. The molecule has 0 amide bonds. The maximum absolute atomic E-state index is 10.2. The first-order chi connectivity index (χ1) is 15.0. The van der Waals surface area contributed by atoms with E-state index in [0.29, 0.717) is 24.0 Å². The molecule has 4 rings (SSSR count). The molecule has 0 aromatic carbocycles. The average Bonchev–Trinajstić information content (AvgIpc) is 3.09. The molecule has 0 heterocycles. The SMILES string of the molecule is CCCOCCOC(O)CCCC1CCC2[C@@H]3CC[C@@H]4CCCC[C@]4(C)C3CC[C@]12C. The van der Waals surface area contributed by atoms with Crippen LogP contribution in [0.3, 0.4) is 0 Å². The van der Waals surface area contributed by atoms with Gasteiger partial charge in [0, 0.05) is 6.61 Å². The highest BCUT2D eigenvalue weighted by Crippen LogP contribution is 2.67. The maximum atomic E-state index is 10.2. The van der Waals surface area contributed by atoms with Crippen LogP contribution in [-0.4, -0.2) is 31.2 Å². The zero-order chi connectivity index (χ0) is 21.9. The normalized spacial score (nSPS) is 43.2. The highest BCUT2D eigenvalue weighted by atomic mass is 16.6. The summed E-state index contributed by atoms with van der Waals surface area (Å²) in [7, 11) is 0. The second-order valence-corrected chi connectivity index (χ2v) is 12.1. The van der Waals surface area contributed by atoms with Crippen LogP contribution < -0.4 is 0 Å². The van der Waals surface area contributed by atoms with Crippen molar-refractivity contribution in [3.8, 4) is 0 Å². The number of hydrogen-bond donors (Lipinski definition) is 1. The molecule has 8 atom stereocenters. The number of fused-ring (bicyclic) bond motifs is 5. The smallest absolute Gasteiger partial charge is 0.154 e. The van der Waals surface area contributed by atoms with Gasteiger partial charge in [0.1, 0.15) is 0 Å². The van der Waals surface area contributed by atoms with E-state index in [1.165, 1.54) is 70.6 Å². The van der Waals surface area contributed by atoms with Crippen LogP contribution in [0.5, 0.6) is 0 Å². The van der Waals surface area contributed by atoms with Gasteiger partial charge in [-0.15, -0.1) is 0 Å². The van der Waals surface area contributed by atoms with Crippen molar-refractivity contribution in [3.05, 3.63) is 0 Å². The molecule has 0 aromatic heterocycles. The van der Waals surface area contributed by atoms with Gasteiger partial charge in [-0.2, -0.15) is 0 Å². The Hall–Kier alpha value is -0.120. The molecule has 0 spiro atoms. The van der Waals surface area contributed by atoms with Crippen LogP contribution in [0.15, 0.2) is 0 Å². The highest BCUT2D eigenvalue weighted by molar-refractivity contribution is 5.08. The molecule has 0 saturated heterocycles. The first-order valence-electron chi connectivity index (χ1n) is 13.9. The van der Waals surface area contributed by atoms with E-state index in [9.17, 15) is 5.11 Å². The van der Waals surface area contributed by atoms with Crippen molar-refractivity contribution in [2.45, 2.75) is 117 Å². The summed E-state index contributed by atoms with van der Waals surface area (Å²) < 4.78 is 11.0. The standard InChI is InChI=1S/C28H50O3/c1-4-18-30-19-20-31-26(29)10-7-9-22-12-14-24-23-13-11-21-8-5-6-16-27(21,2)25(23)15-17-28(22,24)3/h21-26,29H,4-20H2,1-3H3/t21-,22?,23-,24?,25?,26?,27-,28+/m0/s1. The second-order valence-electron chi connectivity index (χ2n) is 12.1. The zero-order valence-corrected chi connectivity index (χ0v) is 20.7. The Kier molecular flexibility index (Phi) is 8.08. The van der Waals surface area contributed by atoms with Gasteiger partial charge in [0.2, 0.25) is 0 Å². The summed E-state index contributed by atoms with van der Waals surface area (Å²) in [5.74, 6) is 4.86. The third kappa shape index (κ3) is 4.90. The van der Waals surface area contributed by atoms with Gasteiger partial charge in [-0.05, 0) is 117 Å². The number of hydrogen-bond acceptors (Lipinski definition) is 3. The van der Waals surface area contributed by atoms with Crippen molar-refractivity contribution in [1.29, 1.82) is 0 Å². The van der Waals surface area contributed by atoms with E-state index < -0.39 is 6.29 Å². The molecular formula is C28H50O3. The van der Waals surface area contributed by atoms with Gasteiger partial charge in [-0.3, -0.25) is 0 Å². The summed E-state index contributed by atoms with van der Waals surface area (Å²) in [5.41, 5.74) is 1.21. The van der Waals surface area contributed by atoms with E-state index in [-0.39, 0.29) is 0 Å². The van der Waals surface area contributed by atoms with E-state index >= 15 is 0 Å². The Morgan fingerprint density at radius 2 is 1.71 bits per heavy atom. The van der Waals surface area contributed by atoms with Gasteiger partial charge < -0.3 is 14.6 Å². The molecule has 0 aliphatic heterocycles. The summed E-state index contributed by atoms with van der Waals surface area (Å²) in [6.45, 7) is 9.33. The van der Waals surface area contributed by atoms with E-state index in [4.69, 9.17) is 9.47 Å². The average molecular weight is 435 g/mol. The van der Waals surface area contributed by atoms with Crippen molar-refractivity contribution in [3.63, 3.8) is 0 Å². The molecule has 1 N–H and O–H groups in total. The molecule has 31 heavy (non-hydrogen) atoms. The fourth-order valence-electron chi connectivity index (χ4n) is 8.99. The minimum atomic E-state index is -0.618. The van der Waals surface area contributed by atoms with Crippen molar-refractivity contribution in [2.24, 2.45) is 40.4 Å². The van der Waals surface area contributed by atoms with E-state index in [1.54, 1.807) is 0 Å². The van der Waals surface area contributed by atoms with Crippen LogP contribution in [0.25, 0.3) is 0 Å². The minimum Gasteiger partial charge on any atom is -0.379 e. The lowest BCUT2D eigenvalue weighted by atomic mass is 9.45. The van der Waals surface area contributed by atoms with E-state index in [0.717, 1.165) is 55.5 Å². The second kappa shape index (κ2) is 10.4. The topological polar surface area (TPSA) is 38.7 Å². The molecule has 3 heteroatoms. The molecule has 4 fully saturated rings. The molecule has 0 radical (unpaired) electrons. The van der Waals surface area contributed by atoms with Crippen LogP contribution in [0.2, 0.25) is 0 Å². The van der Waals surface area contributed by atoms with Gasteiger partial charge in [0.05, 0.1) is 13.2 Å². The van der Waals surface area contributed by atoms with Crippen molar-refractivity contribution in [1.82, 2.24) is 0 Å². The molecule has 0 aromatic rings. The number of aliphatic hydroxyl groups is 1.